The lowest BCUT2D eigenvalue weighted by atomic mass is 9.83. The minimum atomic E-state index is -0.775. The van der Waals surface area contributed by atoms with Gasteiger partial charge in [0.25, 0.3) is 0 Å². The van der Waals surface area contributed by atoms with Gasteiger partial charge in [-0.3, -0.25) is 4.79 Å². The molecule has 0 aromatic heterocycles. The van der Waals surface area contributed by atoms with Crippen LogP contribution in [0, 0.1) is 10.8 Å². The normalized spacial score (nSPS) is 22.9. The number of hydrogen-bond donors (Lipinski definition) is 2. The van der Waals surface area contributed by atoms with Crippen LogP contribution in [0.5, 0.6) is 0 Å². The maximum atomic E-state index is 12.1. The van der Waals surface area contributed by atoms with E-state index < -0.39 is 11.4 Å². The largest absolute Gasteiger partial charge is 0.481 e. The number of carbonyl (C=O) groups excluding carboxylic acids is 1. The molecule has 0 bridgehead atoms. The van der Waals surface area contributed by atoms with E-state index in [2.05, 4.69) is 26.1 Å². The topological polar surface area (TPSA) is 69.6 Å². The predicted molar refractivity (Wildman–Crippen MR) is 78.6 cm³/mol. The quantitative estimate of drug-likeness (QED) is 0.788. The number of carboxylic acids is 1. The van der Waals surface area contributed by atoms with E-state index in [4.69, 9.17) is 0 Å². The molecule has 20 heavy (non-hydrogen) atoms. The summed E-state index contributed by atoms with van der Waals surface area (Å²) in [5.41, 5.74) is -0.672. The molecule has 1 saturated heterocycles. The monoisotopic (exact) mass is 284 g/mol. The fourth-order valence-corrected chi connectivity index (χ4v) is 2.56. The van der Waals surface area contributed by atoms with Gasteiger partial charge in [-0.15, -0.1) is 0 Å². The van der Waals surface area contributed by atoms with Crippen molar-refractivity contribution in [2.75, 3.05) is 19.6 Å². The van der Waals surface area contributed by atoms with Crippen LogP contribution in [0.3, 0.4) is 0 Å². The molecule has 1 heterocycles. The van der Waals surface area contributed by atoms with E-state index in [1.165, 1.54) is 0 Å². The number of carboxylic acid groups (broad SMARTS) is 1. The average molecular weight is 284 g/mol. The van der Waals surface area contributed by atoms with Gasteiger partial charge in [0.2, 0.25) is 0 Å². The number of rotatable bonds is 6. The minimum Gasteiger partial charge on any atom is -0.481 e. The summed E-state index contributed by atoms with van der Waals surface area (Å²) < 4.78 is 0. The van der Waals surface area contributed by atoms with Gasteiger partial charge >= 0.3 is 12.0 Å². The molecule has 0 aromatic carbocycles. The lowest BCUT2D eigenvalue weighted by molar-refractivity contribution is -0.148. The van der Waals surface area contributed by atoms with Gasteiger partial charge < -0.3 is 15.3 Å². The molecule has 5 heteroatoms. The van der Waals surface area contributed by atoms with E-state index in [1.54, 1.807) is 4.90 Å². The number of nitrogens with zero attached hydrogens (tertiary/aromatic N) is 1. The molecule has 5 nitrogen and oxygen atoms in total. The third-order valence-electron chi connectivity index (χ3n) is 4.50. The molecule has 1 rings (SSSR count). The van der Waals surface area contributed by atoms with Crippen LogP contribution in [0.1, 0.15) is 53.4 Å². The zero-order valence-electron chi connectivity index (χ0n) is 13.2. The zero-order valence-corrected chi connectivity index (χ0v) is 13.2. The predicted octanol–water partition coefficient (Wildman–Crippen LogP) is 2.71. The number of urea groups is 1. The Morgan fingerprint density at radius 2 is 2.00 bits per heavy atom. The van der Waals surface area contributed by atoms with Crippen molar-refractivity contribution in [3.05, 3.63) is 0 Å². The zero-order chi connectivity index (χ0) is 15.4. The van der Waals surface area contributed by atoms with Crippen LogP contribution in [0.25, 0.3) is 0 Å². The molecule has 116 valence electrons. The van der Waals surface area contributed by atoms with E-state index in [0.717, 1.165) is 12.8 Å². The molecule has 2 N–H and O–H groups in total. The van der Waals surface area contributed by atoms with Crippen LogP contribution in [-0.4, -0.2) is 41.6 Å². The van der Waals surface area contributed by atoms with Crippen molar-refractivity contribution in [2.24, 2.45) is 10.8 Å². The smallest absolute Gasteiger partial charge is 0.317 e. The van der Waals surface area contributed by atoms with Gasteiger partial charge in [-0.1, -0.05) is 34.1 Å². The Morgan fingerprint density at radius 3 is 2.50 bits per heavy atom. The molecule has 0 aliphatic carbocycles. The fraction of sp³-hybridized carbons (Fsp3) is 0.867. The lowest BCUT2D eigenvalue weighted by Gasteiger charge is -2.27. The van der Waals surface area contributed by atoms with Crippen molar-refractivity contribution < 1.29 is 14.7 Å². The number of nitrogens with one attached hydrogen (secondary N) is 1. The Morgan fingerprint density at radius 1 is 1.35 bits per heavy atom. The van der Waals surface area contributed by atoms with Crippen LogP contribution in [0.15, 0.2) is 0 Å². The standard InChI is InChI=1S/C15H28N2O3/c1-5-7-15(12(18)19)8-9-17(11-15)13(20)16-10-14(3,4)6-2/h5-11H2,1-4H3,(H,16,20)(H,18,19). The Balaban J connectivity index is 2.58. The maximum Gasteiger partial charge on any atom is 0.317 e. The molecular weight excluding hydrogens is 256 g/mol. The van der Waals surface area contributed by atoms with Gasteiger partial charge in [0, 0.05) is 19.6 Å². The first-order valence-electron chi connectivity index (χ1n) is 7.52. The van der Waals surface area contributed by atoms with Crippen molar-refractivity contribution in [1.82, 2.24) is 10.2 Å². The lowest BCUT2D eigenvalue weighted by Crippen LogP contribution is -2.44. The van der Waals surface area contributed by atoms with E-state index in [9.17, 15) is 14.7 Å². The number of hydrogen-bond acceptors (Lipinski definition) is 2. The molecule has 0 saturated carbocycles. The molecule has 1 aliphatic heterocycles. The second-order valence-corrected chi connectivity index (χ2v) is 6.68. The first-order chi connectivity index (χ1) is 9.26. The Kier molecular flexibility index (Phi) is 5.42. The second-order valence-electron chi connectivity index (χ2n) is 6.68. The Hall–Kier alpha value is -1.26. The molecule has 1 fully saturated rings. The van der Waals surface area contributed by atoms with Crippen LogP contribution in [-0.2, 0) is 4.79 Å². The van der Waals surface area contributed by atoms with Gasteiger partial charge in [0.1, 0.15) is 0 Å². The summed E-state index contributed by atoms with van der Waals surface area (Å²) in [5, 5.41) is 12.4. The molecule has 0 spiro atoms. The average Bonchev–Trinajstić information content (AvgIpc) is 2.82. The molecular formula is C15H28N2O3. The van der Waals surface area contributed by atoms with Crippen molar-refractivity contribution >= 4 is 12.0 Å². The molecule has 1 unspecified atom stereocenters. The number of aliphatic carboxylic acids is 1. The van der Waals surface area contributed by atoms with Crippen LogP contribution >= 0.6 is 0 Å². The molecule has 2 amide bonds. The molecule has 0 aromatic rings. The molecule has 1 aliphatic rings. The Bertz CT molecular complexity index is 368. The van der Waals surface area contributed by atoms with Crippen molar-refractivity contribution in [3.8, 4) is 0 Å². The summed E-state index contributed by atoms with van der Waals surface area (Å²) in [4.78, 5) is 25.3. The summed E-state index contributed by atoms with van der Waals surface area (Å²) in [6.45, 7) is 9.77. The van der Waals surface area contributed by atoms with Gasteiger partial charge in [-0.2, -0.15) is 0 Å². The number of carbonyl (C=O) groups is 2. The third-order valence-corrected chi connectivity index (χ3v) is 4.50. The van der Waals surface area contributed by atoms with Crippen molar-refractivity contribution in [1.29, 1.82) is 0 Å². The van der Waals surface area contributed by atoms with Gasteiger partial charge in [-0.05, 0) is 24.7 Å². The van der Waals surface area contributed by atoms with Crippen molar-refractivity contribution in [3.63, 3.8) is 0 Å². The number of amides is 2. The van der Waals surface area contributed by atoms with E-state index in [0.29, 0.717) is 32.5 Å². The summed E-state index contributed by atoms with van der Waals surface area (Å²) in [5.74, 6) is -0.775. The third kappa shape index (κ3) is 3.87. The number of likely N-dealkylation sites (tertiary alicyclic amines) is 1. The maximum absolute atomic E-state index is 12.1. The van der Waals surface area contributed by atoms with E-state index >= 15 is 0 Å². The Labute approximate surface area is 121 Å². The van der Waals surface area contributed by atoms with E-state index in [1.807, 2.05) is 6.92 Å². The summed E-state index contributed by atoms with van der Waals surface area (Å²) in [6, 6.07) is -0.134. The van der Waals surface area contributed by atoms with Gasteiger partial charge in [0.05, 0.1) is 5.41 Å². The van der Waals surface area contributed by atoms with Gasteiger partial charge in [0.15, 0.2) is 0 Å². The second kappa shape index (κ2) is 6.46. The molecule has 0 radical (unpaired) electrons. The summed E-state index contributed by atoms with van der Waals surface area (Å²) in [7, 11) is 0. The SMILES string of the molecule is CCCC1(C(=O)O)CCN(C(=O)NCC(C)(C)CC)C1. The highest BCUT2D eigenvalue weighted by Crippen LogP contribution is 2.35. The van der Waals surface area contributed by atoms with Crippen LogP contribution in [0.4, 0.5) is 4.79 Å². The van der Waals surface area contributed by atoms with E-state index in [-0.39, 0.29) is 11.4 Å². The summed E-state index contributed by atoms with van der Waals surface area (Å²) >= 11 is 0. The first-order valence-corrected chi connectivity index (χ1v) is 7.52. The molecule has 1 atom stereocenters. The minimum absolute atomic E-state index is 0.0721. The van der Waals surface area contributed by atoms with Gasteiger partial charge in [-0.25, -0.2) is 4.79 Å². The van der Waals surface area contributed by atoms with Crippen molar-refractivity contribution in [2.45, 2.75) is 53.4 Å². The first kappa shape index (κ1) is 16.8. The van der Waals surface area contributed by atoms with Crippen LogP contribution in [0.2, 0.25) is 0 Å². The summed E-state index contributed by atoms with van der Waals surface area (Å²) in [6.07, 6.45) is 3.00. The highest BCUT2D eigenvalue weighted by Gasteiger charge is 2.45. The fourth-order valence-electron chi connectivity index (χ4n) is 2.56. The highest BCUT2D eigenvalue weighted by molar-refractivity contribution is 5.79. The highest BCUT2D eigenvalue weighted by atomic mass is 16.4. The van der Waals surface area contributed by atoms with Crippen LogP contribution < -0.4 is 5.32 Å².